The largest absolute Gasteiger partial charge is 0.381 e. The lowest BCUT2D eigenvalue weighted by molar-refractivity contribution is -0.0792. The van der Waals surface area contributed by atoms with E-state index in [0.29, 0.717) is 23.5 Å². The predicted octanol–water partition coefficient (Wildman–Crippen LogP) is 6.76. The number of rotatable bonds is 5. The summed E-state index contributed by atoms with van der Waals surface area (Å²) in [5, 5.41) is 3.88. The maximum absolute atomic E-state index is 6.74. The molecule has 4 aliphatic carbocycles. The van der Waals surface area contributed by atoms with Gasteiger partial charge < -0.3 is 14.8 Å². The number of hydrogen-bond donors (Lipinski definition) is 1. The van der Waals surface area contributed by atoms with Gasteiger partial charge in [0.25, 0.3) is 0 Å². The molecule has 0 radical (unpaired) electrons. The molecule has 33 heavy (non-hydrogen) atoms. The summed E-state index contributed by atoms with van der Waals surface area (Å²) in [5.41, 5.74) is 4.18. The summed E-state index contributed by atoms with van der Waals surface area (Å²) in [4.78, 5) is 0. The molecule has 0 aromatic rings. The third-order valence-electron chi connectivity index (χ3n) is 11.8. The highest BCUT2D eigenvalue weighted by Gasteiger charge is 2.57. The quantitative estimate of drug-likeness (QED) is 0.462. The Bertz CT molecular complexity index is 748. The van der Waals surface area contributed by atoms with Crippen LogP contribution in [0.5, 0.6) is 0 Å². The fraction of sp³-hybridized carbons (Fsp3) is 0.933. The summed E-state index contributed by atoms with van der Waals surface area (Å²) in [5.74, 6) is 4.88. The predicted molar refractivity (Wildman–Crippen MR) is 136 cm³/mol. The molecule has 10 atom stereocenters. The van der Waals surface area contributed by atoms with Gasteiger partial charge in [-0.3, -0.25) is 0 Å². The van der Waals surface area contributed by atoms with E-state index in [9.17, 15) is 0 Å². The van der Waals surface area contributed by atoms with Crippen LogP contribution >= 0.6 is 0 Å². The van der Waals surface area contributed by atoms with Gasteiger partial charge >= 0.3 is 0 Å². The highest BCUT2D eigenvalue weighted by Crippen LogP contribution is 2.65. The lowest BCUT2D eigenvalue weighted by Gasteiger charge is -2.54. The SMILES string of the molecule is CC[C@H](C)CN[C@@H]1CO[C@]2(CC[C@@H]3C(=C(C)C2)C[C@H]2[C@H]3CC[C@@H]3C[C@@H](OC)CC[C@@]32C)[C@@H]1C. The molecule has 0 bridgehead atoms. The average Bonchev–Trinajstić information content (AvgIpc) is 3.30. The molecule has 0 amide bonds. The second-order valence-corrected chi connectivity index (χ2v) is 13.2. The van der Waals surface area contributed by atoms with Crippen molar-refractivity contribution in [3.05, 3.63) is 11.1 Å². The summed E-state index contributed by atoms with van der Waals surface area (Å²) < 4.78 is 12.5. The first-order valence-corrected chi connectivity index (χ1v) is 14.4. The third kappa shape index (κ3) is 4.06. The lowest BCUT2D eigenvalue weighted by atomic mass is 9.52. The smallest absolute Gasteiger partial charge is 0.0761 e. The Morgan fingerprint density at radius 3 is 2.76 bits per heavy atom. The number of ether oxygens (including phenoxy) is 2. The van der Waals surface area contributed by atoms with Gasteiger partial charge in [0, 0.05) is 19.1 Å². The summed E-state index contributed by atoms with van der Waals surface area (Å²) in [7, 11) is 1.92. The number of hydrogen-bond acceptors (Lipinski definition) is 3. The summed E-state index contributed by atoms with van der Waals surface area (Å²) >= 11 is 0. The molecule has 3 nitrogen and oxygen atoms in total. The first kappa shape index (κ1) is 24.3. The molecule has 1 spiro atoms. The number of nitrogens with one attached hydrogen (secondary N) is 1. The van der Waals surface area contributed by atoms with Crippen molar-refractivity contribution in [2.24, 2.45) is 40.9 Å². The Labute approximate surface area is 203 Å². The number of allylic oxidation sites excluding steroid dienone is 1. The molecule has 3 heteroatoms. The van der Waals surface area contributed by atoms with Crippen LogP contribution in [-0.2, 0) is 9.47 Å². The molecule has 3 saturated carbocycles. The molecular formula is C30H51NO2. The van der Waals surface area contributed by atoms with Gasteiger partial charge in [-0.1, -0.05) is 45.3 Å². The van der Waals surface area contributed by atoms with E-state index >= 15 is 0 Å². The Morgan fingerprint density at radius 2 is 2.00 bits per heavy atom. The highest BCUT2D eigenvalue weighted by molar-refractivity contribution is 5.28. The van der Waals surface area contributed by atoms with Gasteiger partial charge in [0.2, 0.25) is 0 Å². The van der Waals surface area contributed by atoms with E-state index < -0.39 is 0 Å². The first-order chi connectivity index (χ1) is 15.8. The van der Waals surface area contributed by atoms with Crippen LogP contribution < -0.4 is 5.32 Å². The molecule has 1 saturated heterocycles. The Balaban J connectivity index is 1.32. The van der Waals surface area contributed by atoms with Crippen molar-refractivity contribution >= 4 is 0 Å². The van der Waals surface area contributed by atoms with Crippen molar-refractivity contribution in [2.45, 2.75) is 117 Å². The minimum Gasteiger partial charge on any atom is -0.381 e. The summed E-state index contributed by atoms with van der Waals surface area (Å²) in [6.45, 7) is 14.3. The van der Waals surface area contributed by atoms with Crippen molar-refractivity contribution in [3.8, 4) is 0 Å². The molecule has 4 fully saturated rings. The topological polar surface area (TPSA) is 30.5 Å². The fourth-order valence-corrected chi connectivity index (χ4v) is 9.20. The van der Waals surface area contributed by atoms with Gasteiger partial charge in [-0.05, 0) is 106 Å². The van der Waals surface area contributed by atoms with Crippen molar-refractivity contribution in [3.63, 3.8) is 0 Å². The second-order valence-electron chi connectivity index (χ2n) is 13.2. The van der Waals surface area contributed by atoms with Crippen LogP contribution in [0, 0.1) is 40.9 Å². The van der Waals surface area contributed by atoms with Crippen LogP contribution in [0.2, 0.25) is 0 Å². The summed E-state index contributed by atoms with van der Waals surface area (Å²) in [6, 6.07) is 0.521. The van der Waals surface area contributed by atoms with E-state index in [0.717, 1.165) is 42.7 Å². The van der Waals surface area contributed by atoms with E-state index in [1.54, 1.807) is 5.57 Å². The lowest BCUT2D eigenvalue weighted by Crippen LogP contribution is -2.47. The van der Waals surface area contributed by atoms with E-state index in [1.807, 2.05) is 12.7 Å². The second kappa shape index (κ2) is 9.25. The molecule has 5 aliphatic rings. The van der Waals surface area contributed by atoms with Crippen LogP contribution in [0.1, 0.15) is 98.8 Å². The Kier molecular flexibility index (Phi) is 6.82. The van der Waals surface area contributed by atoms with Gasteiger partial charge in [-0.25, -0.2) is 0 Å². The van der Waals surface area contributed by atoms with E-state index in [4.69, 9.17) is 9.47 Å². The maximum Gasteiger partial charge on any atom is 0.0761 e. The van der Waals surface area contributed by atoms with Crippen molar-refractivity contribution in [2.75, 3.05) is 20.3 Å². The third-order valence-corrected chi connectivity index (χ3v) is 11.8. The minimum atomic E-state index is 0.0711. The van der Waals surface area contributed by atoms with E-state index in [-0.39, 0.29) is 5.60 Å². The van der Waals surface area contributed by atoms with Gasteiger partial charge in [0.05, 0.1) is 18.3 Å². The van der Waals surface area contributed by atoms with Crippen LogP contribution in [-0.4, -0.2) is 38.0 Å². The van der Waals surface area contributed by atoms with Crippen LogP contribution in [0.3, 0.4) is 0 Å². The van der Waals surface area contributed by atoms with Gasteiger partial charge in [0.1, 0.15) is 0 Å². The fourth-order valence-electron chi connectivity index (χ4n) is 9.20. The molecule has 188 valence electrons. The van der Waals surface area contributed by atoms with E-state index in [1.165, 1.54) is 64.2 Å². The zero-order valence-electron chi connectivity index (χ0n) is 22.4. The first-order valence-electron chi connectivity index (χ1n) is 14.4. The molecule has 0 unspecified atom stereocenters. The zero-order valence-corrected chi connectivity index (χ0v) is 22.4. The van der Waals surface area contributed by atoms with Crippen LogP contribution in [0.4, 0.5) is 0 Å². The highest BCUT2D eigenvalue weighted by atomic mass is 16.5. The standard InChI is InChI=1S/C30H51NO2/c1-7-19(2)17-31-28-18-33-30(21(28)4)13-11-24-25-9-8-22-14-23(32-6)10-12-29(22,5)27(25)15-26(24)20(3)16-30/h19,21-25,27-28,31H,7-18H2,1-6H3/t19-,21+,22+,23-,24-,25-,27-,28+,29-,30-/m0/s1. The monoisotopic (exact) mass is 457 g/mol. The maximum atomic E-state index is 6.74. The van der Waals surface area contributed by atoms with Gasteiger partial charge in [-0.2, -0.15) is 0 Å². The number of methoxy groups -OCH3 is 1. The molecular weight excluding hydrogens is 406 g/mol. The van der Waals surface area contributed by atoms with Gasteiger partial charge in [0.15, 0.2) is 0 Å². The molecule has 0 aromatic carbocycles. The van der Waals surface area contributed by atoms with Crippen LogP contribution in [0.15, 0.2) is 11.1 Å². The molecule has 1 aliphatic heterocycles. The van der Waals surface area contributed by atoms with Crippen LogP contribution in [0.25, 0.3) is 0 Å². The van der Waals surface area contributed by atoms with E-state index in [2.05, 4.69) is 39.9 Å². The van der Waals surface area contributed by atoms with Gasteiger partial charge in [-0.15, -0.1) is 0 Å². The zero-order chi connectivity index (χ0) is 23.4. The summed E-state index contributed by atoms with van der Waals surface area (Å²) in [6.07, 6.45) is 13.8. The van der Waals surface area contributed by atoms with Crippen molar-refractivity contribution in [1.82, 2.24) is 5.32 Å². The number of fused-ring (bicyclic) bond motifs is 5. The average molecular weight is 458 g/mol. The Morgan fingerprint density at radius 1 is 1.18 bits per heavy atom. The molecule has 1 heterocycles. The molecule has 5 rings (SSSR count). The van der Waals surface area contributed by atoms with Crippen molar-refractivity contribution < 1.29 is 9.47 Å². The minimum absolute atomic E-state index is 0.0711. The van der Waals surface area contributed by atoms with Crippen molar-refractivity contribution in [1.29, 1.82) is 0 Å². The Hall–Kier alpha value is -0.380. The molecule has 0 aromatic heterocycles. The normalized spacial score (nSPS) is 48.4. The molecule has 1 N–H and O–H groups in total.